The number of nitrogens with one attached hydrogen (secondary N) is 2. The van der Waals surface area contributed by atoms with Crippen molar-refractivity contribution in [1.29, 1.82) is 0 Å². The first kappa shape index (κ1) is 32.4. The zero-order chi connectivity index (χ0) is 30.2. The normalized spacial score (nSPS) is 21.5. The number of carboxylic acid groups (broad SMARTS) is 2. The number of hydrogen-bond donors (Lipinski definition) is 4. The minimum absolute atomic E-state index is 0.216. The molecule has 0 saturated heterocycles. The van der Waals surface area contributed by atoms with Crippen LogP contribution in [-0.2, 0) is 32.3 Å². The van der Waals surface area contributed by atoms with Crippen LogP contribution in [-0.4, -0.2) is 47.4 Å². The lowest BCUT2D eigenvalue weighted by molar-refractivity contribution is -0.144. The van der Waals surface area contributed by atoms with Crippen LogP contribution < -0.4 is 10.6 Å². The largest absolute Gasteiger partial charge is 0.481 e. The molecule has 2 aliphatic carbocycles. The SMILES string of the molecule is O=C(NCC1CCC(C(=O)O)CC1)OCc1ccccc1.O=C(NCC1CCC(C(=O)O)CC1)OCc1ccccc1. The number of ether oxygens (including phenoxy) is 2. The van der Waals surface area contributed by atoms with Crippen molar-refractivity contribution in [2.24, 2.45) is 23.7 Å². The zero-order valence-electron chi connectivity index (χ0n) is 23.9. The van der Waals surface area contributed by atoms with E-state index in [2.05, 4.69) is 10.6 Å². The number of hydrogen-bond acceptors (Lipinski definition) is 6. The standard InChI is InChI=1S/2C16H21NO4/c2*18-15(19)14-8-6-12(7-9-14)10-17-16(20)21-11-13-4-2-1-3-5-13/h2*1-5,12,14H,6-11H2,(H,17,20)(H,18,19). The number of carbonyl (C=O) groups is 4. The van der Waals surface area contributed by atoms with Crippen LogP contribution in [0, 0.1) is 23.7 Å². The molecule has 0 bridgehead atoms. The van der Waals surface area contributed by atoms with Crippen LogP contribution in [0.25, 0.3) is 0 Å². The van der Waals surface area contributed by atoms with Crippen molar-refractivity contribution in [3.63, 3.8) is 0 Å². The highest BCUT2D eigenvalue weighted by atomic mass is 16.6. The quantitative estimate of drug-likeness (QED) is 0.282. The Morgan fingerprint density at radius 3 is 1.21 bits per heavy atom. The topological polar surface area (TPSA) is 151 Å². The first-order chi connectivity index (χ1) is 20.3. The summed E-state index contributed by atoms with van der Waals surface area (Å²) < 4.78 is 10.3. The molecule has 42 heavy (non-hydrogen) atoms. The highest BCUT2D eigenvalue weighted by Crippen LogP contribution is 2.29. The average Bonchev–Trinajstić information content (AvgIpc) is 3.02. The van der Waals surface area contributed by atoms with Gasteiger partial charge in [-0.15, -0.1) is 0 Å². The van der Waals surface area contributed by atoms with Crippen molar-refractivity contribution in [3.8, 4) is 0 Å². The first-order valence-electron chi connectivity index (χ1n) is 14.6. The predicted molar refractivity (Wildman–Crippen MR) is 155 cm³/mol. The summed E-state index contributed by atoms with van der Waals surface area (Å²) in [6, 6.07) is 19.0. The van der Waals surface area contributed by atoms with Gasteiger partial charge in [0.15, 0.2) is 0 Å². The van der Waals surface area contributed by atoms with Gasteiger partial charge in [0.1, 0.15) is 13.2 Å². The number of rotatable bonds is 10. The van der Waals surface area contributed by atoms with E-state index >= 15 is 0 Å². The molecule has 2 aromatic rings. The number of carboxylic acids is 2. The van der Waals surface area contributed by atoms with Gasteiger partial charge in [-0.2, -0.15) is 0 Å². The lowest BCUT2D eigenvalue weighted by Gasteiger charge is -2.25. The lowest BCUT2D eigenvalue weighted by atomic mass is 9.82. The monoisotopic (exact) mass is 582 g/mol. The third-order valence-electron chi connectivity index (χ3n) is 7.89. The van der Waals surface area contributed by atoms with Crippen LogP contribution in [0.5, 0.6) is 0 Å². The molecule has 0 radical (unpaired) electrons. The molecule has 0 spiro atoms. The number of amides is 2. The Hall–Kier alpha value is -4.08. The maximum absolute atomic E-state index is 11.6. The van der Waals surface area contributed by atoms with E-state index in [1.807, 2.05) is 60.7 Å². The van der Waals surface area contributed by atoms with Crippen LogP contribution >= 0.6 is 0 Å². The maximum atomic E-state index is 11.6. The zero-order valence-corrected chi connectivity index (χ0v) is 23.9. The number of alkyl carbamates (subject to hydrolysis) is 2. The third-order valence-corrected chi connectivity index (χ3v) is 7.89. The molecule has 0 aliphatic heterocycles. The average molecular weight is 583 g/mol. The fraction of sp³-hybridized carbons (Fsp3) is 0.500. The van der Waals surface area contributed by atoms with Crippen LogP contribution in [0.1, 0.15) is 62.5 Å². The van der Waals surface area contributed by atoms with E-state index in [1.54, 1.807) is 0 Å². The second-order valence-electron chi connectivity index (χ2n) is 11.0. The Morgan fingerprint density at radius 1 is 0.571 bits per heavy atom. The molecule has 0 heterocycles. The van der Waals surface area contributed by atoms with Gasteiger partial charge in [0.05, 0.1) is 11.8 Å². The smallest absolute Gasteiger partial charge is 0.407 e. The van der Waals surface area contributed by atoms with Gasteiger partial charge in [0.25, 0.3) is 0 Å². The summed E-state index contributed by atoms with van der Waals surface area (Å²) in [5.41, 5.74) is 1.91. The molecule has 2 amide bonds. The molecular formula is C32H42N2O8. The molecule has 2 fully saturated rings. The molecule has 10 nitrogen and oxygen atoms in total. The van der Waals surface area contributed by atoms with E-state index in [-0.39, 0.29) is 25.0 Å². The summed E-state index contributed by atoms with van der Waals surface area (Å²) in [7, 11) is 0. The van der Waals surface area contributed by atoms with Crippen LogP contribution in [0.2, 0.25) is 0 Å². The molecule has 2 aliphatic rings. The molecule has 0 atom stereocenters. The van der Waals surface area contributed by atoms with E-state index in [0.717, 1.165) is 36.8 Å². The van der Waals surface area contributed by atoms with E-state index in [1.165, 1.54) is 0 Å². The minimum atomic E-state index is -0.705. The number of carbonyl (C=O) groups excluding carboxylic acids is 2. The first-order valence-corrected chi connectivity index (χ1v) is 14.6. The molecule has 4 rings (SSSR count). The van der Waals surface area contributed by atoms with Gasteiger partial charge in [-0.3, -0.25) is 9.59 Å². The minimum Gasteiger partial charge on any atom is -0.481 e. The van der Waals surface area contributed by atoms with Crippen molar-refractivity contribution in [1.82, 2.24) is 10.6 Å². The van der Waals surface area contributed by atoms with Gasteiger partial charge in [0, 0.05) is 13.1 Å². The second kappa shape index (κ2) is 17.7. The van der Waals surface area contributed by atoms with E-state index < -0.39 is 24.1 Å². The summed E-state index contributed by atoms with van der Waals surface area (Å²) in [5.74, 6) is -1.14. The Kier molecular flexibility index (Phi) is 13.6. The fourth-order valence-electron chi connectivity index (χ4n) is 5.23. The van der Waals surface area contributed by atoms with Crippen LogP contribution in [0.15, 0.2) is 60.7 Å². The predicted octanol–water partition coefficient (Wildman–Crippen LogP) is 5.61. The molecule has 2 saturated carbocycles. The summed E-state index contributed by atoms with van der Waals surface area (Å²) in [6.45, 7) is 1.64. The molecular weight excluding hydrogens is 540 g/mol. The maximum Gasteiger partial charge on any atom is 0.407 e. The van der Waals surface area contributed by atoms with Gasteiger partial charge in [-0.05, 0) is 74.3 Å². The fourth-order valence-corrected chi connectivity index (χ4v) is 5.23. The van der Waals surface area contributed by atoms with Crippen molar-refractivity contribution < 1.29 is 38.9 Å². The van der Waals surface area contributed by atoms with Gasteiger partial charge < -0.3 is 30.3 Å². The molecule has 10 heteroatoms. The lowest BCUT2D eigenvalue weighted by Crippen LogP contribution is -2.32. The Balaban J connectivity index is 0.000000230. The van der Waals surface area contributed by atoms with Gasteiger partial charge >= 0.3 is 24.1 Å². The van der Waals surface area contributed by atoms with E-state index in [4.69, 9.17) is 19.7 Å². The number of benzene rings is 2. The van der Waals surface area contributed by atoms with Crippen molar-refractivity contribution in [2.75, 3.05) is 13.1 Å². The number of aliphatic carboxylic acids is 2. The second-order valence-corrected chi connectivity index (χ2v) is 11.0. The summed E-state index contributed by atoms with van der Waals surface area (Å²) in [5, 5.41) is 23.4. The molecule has 0 aromatic heterocycles. The van der Waals surface area contributed by atoms with E-state index in [0.29, 0.717) is 50.6 Å². The molecule has 4 N–H and O–H groups in total. The summed E-state index contributed by atoms with van der Waals surface area (Å²) in [6.07, 6.45) is 5.32. The summed E-state index contributed by atoms with van der Waals surface area (Å²) in [4.78, 5) is 44.9. The van der Waals surface area contributed by atoms with Crippen LogP contribution in [0.3, 0.4) is 0 Å². The van der Waals surface area contributed by atoms with Crippen molar-refractivity contribution in [2.45, 2.75) is 64.6 Å². The van der Waals surface area contributed by atoms with Gasteiger partial charge in [-0.1, -0.05) is 60.7 Å². The highest BCUT2D eigenvalue weighted by molar-refractivity contribution is 5.70. The molecule has 0 unspecified atom stereocenters. The third kappa shape index (κ3) is 12.2. The van der Waals surface area contributed by atoms with Crippen LogP contribution in [0.4, 0.5) is 9.59 Å². The highest BCUT2D eigenvalue weighted by Gasteiger charge is 2.27. The van der Waals surface area contributed by atoms with Gasteiger partial charge in [0.2, 0.25) is 0 Å². The Labute approximate surface area is 246 Å². The molecule has 2 aromatic carbocycles. The Morgan fingerprint density at radius 2 is 0.905 bits per heavy atom. The van der Waals surface area contributed by atoms with Gasteiger partial charge in [-0.25, -0.2) is 9.59 Å². The summed E-state index contributed by atoms with van der Waals surface area (Å²) >= 11 is 0. The van der Waals surface area contributed by atoms with E-state index in [9.17, 15) is 19.2 Å². The molecule has 228 valence electrons. The Bertz CT molecular complexity index is 1020. The van der Waals surface area contributed by atoms with Crippen molar-refractivity contribution >= 4 is 24.1 Å². The van der Waals surface area contributed by atoms with Crippen molar-refractivity contribution in [3.05, 3.63) is 71.8 Å².